The van der Waals surface area contributed by atoms with Crippen molar-refractivity contribution in [2.24, 2.45) is 0 Å². The van der Waals surface area contributed by atoms with Gasteiger partial charge in [-0.25, -0.2) is 0 Å². The zero-order chi connectivity index (χ0) is 21.6. The van der Waals surface area contributed by atoms with Gasteiger partial charge in [0.2, 0.25) is 0 Å². The molecule has 2 heteroatoms. The number of hydrogen-bond acceptors (Lipinski definition) is 0. The maximum atomic E-state index is 2.53. The molecule has 0 fully saturated rings. The topological polar surface area (TPSA) is 0 Å². The highest BCUT2D eigenvalue weighted by Crippen LogP contribution is 2.46. The number of benzene rings is 1. The number of unbranched alkanes of at least 4 members (excludes halogenated alkanes) is 4. The molecule has 1 aromatic rings. The summed E-state index contributed by atoms with van der Waals surface area (Å²) in [6.07, 6.45) is 19.8. The van der Waals surface area contributed by atoms with Crippen molar-refractivity contribution in [2.75, 3.05) is 24.6 Å². The number of aryl methyl sites for hydroxylation is 2. The first-order valence-electron chi connectivity index (χ1n) is 12.5. The van der Waals surface area contributed by atoms with Gasteiger partial charge in [-0.05, 0) is 111 Å². The molecule has 0 aromatic heterocycles. The molecule has 0 amide bonds. The van der Waals surface area contributed by atoms with Gasteiger partial charge in [0.05, 0.1) is 0 Å². The molecule has 0 unspecified atom stereocenters. The molecule has 0 aliphatic heterocycles. The Morgan fingerprint density at radius 3 is 1.14 bits per heavy atom. The van der Waals surface area contributed by atoms with Crippen LogP contribution in [-0.4, -0.2) is 24.6 Å². The summed E-state index contributed by atoms with van der Waals surface area (Å²) in [5.74, 6) is 0. The highest BCUT2D eigenvalue weighted by Gasteiger charge is 2.18. The Hall–Kier alpha value is 0.0800. The van der Waals surface area contributed by atoms with Crippen LogP contribution in [-0.2, 0) is 12.3 Å². The first kappa shape index (κ1) is 27.1. The third-order valence-electron chi connectivity index (χ3n) is 6.37. The normalized spacial score (nSPS) is 11.8. The average Bonchev–Trinajstić information content (AvgIpc) is 2.71. The average molecular weight is 437 g/mol. The zero-order valence-electron chi connectivity index (χ0n) is 20.9. The lowest BCUT2D eigenvalue weighted by Crippen LogP contribution is -2.05. The molecule has 168 valence electrons. The van der Waals surface area contributed by atoms with Crippen LogP contribution in [0, 0.1) is 20.8 Å². The molecule has 0 bridgehead atoms. The maximum absolute atomic E-state index is 2.53. The van der Waals surface area contributed by atoms with E-state index in [0.717, 1.165) is 0 Å². The van der Waals surface area contributed by atoms with Crippen LogP contribution in [0.1, 0.15) is 107 Å². The molecule has 29 heavy (non-hydrogen) atoms. The summed E-state index contributed by atoms with van der Waals surface area (Å²) < 4.78 is 0. The predicted octanol–water partition coefficient (Wildman–Crippen LogP) is 9.78. The van der Waals surface area contributed by atoms with Crippen LogP contribution < -0.4 is 0 Å². The highest BCUT2D eigenvalue weighted by molar-refractivity contribution is 7.57. The van der Waals surface area contributed by atoms with Crippen LogP contribution in [0.25, 0.3) is 0 Å². The van der Waals surface area contributed by atoms with Crippen molar-refractivity contribution in [1.82, 2.24) is 0 Å². The molecule has 0 aliphatic rings. The van der Waals surface area contributed by atoms with Gasteiger partial charge in [-0.1, -0.05) is 59.4 Å². The quantitative estimate of drug-likeness (QED) is 0.226. The zero-order valence-corrected chi connectivity index (χ0v) is 22.7. The number of rotatable bonds is 16. The van der Waals surface area contributed by atoms with Gasteiger partial charge in [0, 0.05) is 0 Å². The Balaban J connectivity index is 3.07. The summed E-state index contributed by atoms with van der Waals surface area (Å²) in [7, 11) is 0.326. The molecule has 0 aliphatic carbocycles. The van der Waals surface area contributed by atoms with Gasteiger partial charge >= 0.3 is 0 Å². The lowest BCUT2D eigenvalue weighted by atomic mass is 9.95. The van der Waals surface area contributed by atoms with E-state index in [2.05, 4.69) is 54.5 Å². The van der Waals surface area contributed by atoms with Crippen LogP contribution in [0.15, 0.2) is 6.07 Å². The van der Waals surface area contributed by atoms with E-state index in [1.165, 1.54) is 88.3 Å². The van der Waals surface area contributed by atoms with E-state index in [1.54, 1.807) is 27.8 Å². The summed E-state index contributed by atoms with van der Waals surface area (Å²) in [6.45, 7) is 16.6. The molecule has 0 radical (unpaired) electrons. The number of hydrogen-bond donors (Lipinski definition) is 0. The fraction of sp³-hybridized carbons (Fsp3) is 0.778. The molecule has 1 rings (SSSR count). The second kappa shape index (κ2) is 15.8. The van der Waals surface area contributed by atoms with Gasteiger partial charge in [0.1, 0.15) is 0 Å². The minimum absolute atomic E-state index is 0.163. The standard InChI is InChI=1S/C27H50P2/c1-8-12-16-28(17-13-9-2)21-26-23(5)20-24(6)27(25(26)7)22-29(18-14-10-3)19-15-11-4/h20H,8-19,21-22H2,1-7H3. The Morgan fingerprint density at radius 1 is 0.552 bits per heavy atom. The molecule has 0 atom stereocenters. The first-order valence-corrected chi connectivity index (χ1v) is 16.3. The van der Waals surface area contributed by atoms with Crippen molar-refractivity contribution in [2.45, 2.75) is 112 Å². The second-order valence-corrected chi connectivity index (χ2v) is 14.2. The van der Waals surface area contributed by atoms with Crippen LogP contribution in [0.5, 0.6) is 0 Å². The highest BCUT2D eigenvalue weighted by atomic mass is 31.1. The monoisotopic (exact) mass is 436 g/mol. The van der Waals surface area contributed by atoms with Crippen molar-refractivity contribution >= 4 is 15.8 Å². The molecule has 0 N–H and O–H groups in total. The molecule has 0 spiro atoms. The van der Waals surface area contributed by atoms with Crippen LogP contribution >= 0.6 is 15.8 Å². The molecule has 1 aromatic carbocycles. The third kappa shape index (κ3) is 9.83. The second-order valence-electron chi connectivity index (χ2n) is 9.06. The van der Waals surface area contributed by atoms with Gasteiger partial charge in [-0.15, -0.1) is 15.8 Å². The summed E-state index contributed by atoms with van der Waals surface area (Å²) in [4.78, 5) is 0. The summed E-state index contributed by atoms with van der Waals surface area (Å²) in [5.41, 5.74) is 8.25. The van der Waals surface area contributed by atoms with Gasteiger partial charge in [-0.3, -0.25) is 0 Å². The van der Waals surface area contributed by atoms with Gasteiger partial charge < -0.3 is 0 Å². The molecule has 0 saturated heterocycles. The third-order valence-corrected chi connectivity index (χ3v) is 11.7. The molecular weight excluding hydrogens is 386 g/mol. The molecule has 0 saturated carbocycles. The lowest BCUT2D eigenvalue weighted by molar-refractivity contribution is 0.864. The van der Waals surface area contributed by atoms with Crippen LogP contribution in [0.3, 0.4) is 0 Å². The van der Waals surface area contributed by atoms with Crippen LogP contribution in [0.4, 0.5) is 0 Å². The Labute approximate surface area is 186 Å². The summed E-state index contributed by atoms with van der Waals surface area (Å²) in [5, 5.41) is 0. The van der Waals surface area contributed by atoms with Crippen molar-refractivity contribution < 1.29 is 0 Å². The Morgan fingerprint density at radius 2 is 0.862 bits per heavy atom. The largest absolute Gasteiger partial charge is 0.102 e. The van der Waals surface area contributed by atoms with E-state index in [9.17, 15) is 0 Å². The summed E-state index contributed by atoms with van der Waals surface area (Å²) >= 11 is 0. The van der Waals surface area contributed by atoms with E-state index in [-0.39, 0.29) is 15.8 Å². The first-order chi connectivity index (χ1) is 14.0. The van der Waals surface area contributed by atoms with Crippen molar-refractivity contribution in [3.63, 3.8) is 0 Å². The van der Waals surface area contributed by atoms with E-state index in [0.29, 0.717) is 0 Å². The van der Waals surface area contributed by atoms with E-state index >= 15 is 0 Å². The van der Waals surface area contributed by atoms with E-state index < -0.39 is 0 Å². The predicted molar refractivity (Wildman–Crippen MR) is 141 cm³/mol. The minimum atomic E-state index is 0.163. The smallest absolute Gasteiger partial charge is 0.00677 e. The molecule has 0 nitrogen and oxygen atoms in total. The van der Waals surface area contributed by atoms with Crippen molar-refractivity contribution in [3.8, 4) is 0 Å². The lowest BCUT2D eigenvalue weighted by Gasteiger charge is -2.25. The minimum Gasteiger partial charge on any atom is -0.102 e. The molecule has 0 heterocycles. The van der Waals surface area contributed by atoms with Gasteiger partial charge in [0.15, 0.2) is 0 Å². The Kier molecular flexibility index (Phi) is 14.8. The molecular formula is C27H50P2. The van der Waals surface area contributed by atoms with E-state index in [1.807, 2.05) is 0 Å². The fourth-order valence-electron chi connectivity index (χ4n) is 4.27. The van der Waals surface area contributed by atoms with E-state index in [4.69, 9.17) is 0 Å². The summed E-state index contributed by atoms with van der Waals surface area (Å²) in [6, 6.07) is 2.53. The maximum Gasteiger partial charge on any atom is -0.00677 e. The van der Waals surface area contributed by atoms with Crippen molar-refractivity contribution in [1.29, 1.82) is 0 Å². The van der Waals surface area contributed by atoms with Gasteiger partial charge in [0.25, 0.3) is 0 Å². The van der Waals surface area contributed by atoms with Crippen LogP contribution in [0.2, 0.25) is 0 Å². The Bertz CT molecular complexity index is 502. The van der Waals surface area contributed by atoms with Gasteiger partial charge in [-0.2, -0.15) is 0 Å². The SMILES string of the molecule is CCCCP(CCCC)Cc1c(C)cc(C)c(CP(CCCC)CCCC)c1C. The fourth-order valence-corrected chi connectivity index (χ4v) is 10.3. The van der Waals surface area contributed by atoms with Crippen molar-refractivity contribution in [3.05, 3.63) is 33.9 Å².